The maximum atomic E-state index is 11.6. The zero-order valence-electron chi connectivity index (χ0n) is 11.4. The summed E-state index contributed by atoms with van der Waals surface area (Å²) in [7, 11) is 0. The molecular weight excluding hydrogens is 246 g/mol. The molecule has 0 saturated heterocycles. The maximum absolute atomic E-state index is 11.6. The molecule has 1 rings (SSSR count). The third kappa shape index (κ3) is 3.67. The van der Waals surface area contributed by atoms with Crippen LogP contribution >= 0.6 is 0 Å². The number of amides is 1. The average molecular weight is 265 g/mol. The molecule has 0 aromatic carbocycles. The standard InChI is InChI=1S/C13H19N3O3/c1-4-5-16(7-10(17)18)13-11(12(14)19)8(2)6-9(3)15-13/h6H,4-5,7H2,1-3H3,(H2,14,19)(H,17,18). The van der Waals surface area contributed by atoms with E-state index in [0.29, 0.717) is 23.5 Å². The molecule has 0 radical (unpaired) electrons. The van der Waals surface area contributed by atoms with Crippen LogP contribution in [0.1, 0.15) is 35.0 Å². The van der Waals surface area contributed by atoms with E-state index < -0.39 is 11.9 Å². The van der Waals surface area contributed by atoms with Crippen molar-refractivity contribution in [1.29, 1.82) is 0 Å². The van der Waals surface area contributed by atoms with Crippen LogP contribution in [0.5, 0.6) is 0 Å². The molecule has 1 amide bonds. The molecule has 0 bridgehead atoms. The van der Waals surface area contributed by atoms with E-state index in [1.807, 2.05) is 6.92 Å². The zero-order chi connectivity index (χ0) is 14.6. The van der Waals surface area contributed by atoms with E-state index in [4.69, 9.17) is 10.8 Å². The molecule has 1 heterocycles. The normalized spacial score (nSPS) is 10.3. The van der Waals surface area contributed by atoms with Crippen LogP contribution in [0.2, 0.25) is 0 Å². The fourth-order valence-corrected chi connectivity index (χ4v) is 2.04. The van der Waals surface area contributed by atoms with Crippen LogP contribution in [0.4, 0.5) is 5.82 Å². The molecular formula is C13H19N3O3. The molecule has 6 heteroatoms. The molecule has 6 nitrogen and oxygen atoms in total. The lowest BCUT2D eigenvalue weighted by atomic mass is 10.1. The quantitative estimate of drug-likeness (QED) is 0.802. The number of pyridine rings is 1. The van der Waals surface area contributed by atoms with Crippen LogP contribution in [0, 0.1) is 13.8 Å². The predicted molar refractivity (Wildman–Crippen MR) is 72.4 cm³/mol. The highest BCUT2D eigenvalue weighted by Crippen LogP contribution is 2.22. The van der Waals surface area contributed by atoms with Crippen molar-refractivity contribution in [3.8, 4) is 0 Å². The topological polar surface area (TPSA) is 96.5 Å². The highest BCUT2D eigenvalue weighted by molar-refractivity contribution is 5.99. The fourth-order valence-electron chi connectivity index (χ4n) is 2.04. The number of rotatable bonds is 6. The summed E-state index contributed by atoms with van der Waals surface area (Å²) < 4.78 is 0. The Labute approximate surface area is 112 Å². The fraction of sp³-hybridized carbons (Fsp3) is 0.462. The van der Waals surface area contributed by atoms with Crippen molar-refractivity contribution < 1.29 is 14.7 Å². The van der Waals surface area contributed by atoms with E-state index in [0.717, 1.165) is 12.1 Å². The number of carboxylic acids is 1. The Morgan fingerprint density at radius 3 is 2.53 bits per heavy atom. The lowest BCUT2D eigenvalue weighted by molar-refractivity contribution is -0.135. The number of carbonyl (C=O) groups excluding carboxylic acids is 1. The Bertz CT molecular complexity index is 500. The SMILES string of the molecule is CCCN(CC(=O)O)c1nc(C)cc(C)c1C(N)=O. The van der Waals surface area contributed by atoms with Gasteiger partial charge in [-0.15, -0.1) is 0 Å². The van der Waals surface area contributed by atoms with Crippen LogP contribution in [0.15, 0.2) is 6.07 Å². The van der Waals surface area contributed by atoms with Crippen LogP contribution in [0.25, 0.3) is 0 Å². The van der Waals surface area contributed by atoms with Crippen molar-refractivity contribution in [1.82, 2.24) is 4.98 Å². The first-order chi connectivity index (χ1) is 8.86. The van der Waals surface area contributed by atoms with E-state index >= 15 is 0 Å². The zero-order valence-corrected chi connectivity index (χ0v) is 11.4. The summed E-state index contributed by atoms with van der Waals surface area (Å²) in [5.41, 5.74) is 7.10. The Morgan fingerprint density at radius 2 is 2.05 bits per heavy atom. The largest absolute Gasteiger partial charge is 0.480 e. The monoisotopic (exact) mass is 265 g/mol. The van der Waals surface area contributed by atoms with Crippen molar-refractivity contribution in [2.24, 2.45) is 5.73 Å². The smallest absolute Gasteiger partial charge is 0.323 e. The average Bonchev–Trinajstić information content (AvgIpc) is 2.25. The molecule has 0 saturated carbocycles. The first-order valence-corrected chi connectivity index (χ1v) is 6.11. The van der Waals surface area contributed by atoms with Gasteiger partial charge in [0.05, 0.1) is 5.56 Å². The molecule has 0 fully saturated rings. The van der Waals surface area contributed by atoms with E-state index in [2.05, 4.69) is 4.98 Å². The number of aryl methyl sites for hydroxylation is 2. The summed E-state index contributed by atoms with van der Waals surface area (Å²) in [5, 5.41) is 8.95. The lowest BCUT2D eigenvalue weighted by Crippen LogP contribution is -2.33. The van der Waals surface area contributed by atoms with Crippen LogP contribution in [0.3, 0.4) is 0 Å². The minimum absolute atomic E-state index is 0.204. The number of carboxylic acid groups (broad SMARTS) is 1. The van der Waals surface area contributed by atoms with E-state index in [9.17, 15) is 9.59 Å². The van der Waals surface area contributed by atoms with Gasteiger partial charge in [0.1, 0.15) is 12.4 Å². The number of nitrogens with zero attached hydrogens (tertiary/aromatic N) is 2. The maximum Gasteiger partial charge on any atom is 0.323 e. The van der Waals surface area contributed by atoms with Gasteiger partial charge in [0.2, 0.25) is 0 Å². The molecule has 0 aliphatic heterocycles. The first kappa shape index (κ1) is 14.9. The molecule has 0 atom stereocenters. The second kappa shape index (κ2) is 6.17. The molecule has 0 aliphatic rings. The lowest BCUT2D eigenvalue weighted by Gasteiger charge is -2.24. The van der Waals surface area contributed by atoms with Crippen molar-refractivity contribution in [2.75, 3.05) is 18.0 Å². The Morgan fingerprint density at radius 1 is 1.42 bits per heavy atom. The number of carbonyl (C=O) groups is 2. The Kier molecular flexibility index (Phi) is 4.86. The third-order valence-electron chi connectivity index (χ3n) is 2.69. The van der Waals surface area contributed by atoms with Gasteiger partial charge in [-0.1, -0.05) is 6.92 Å². The second-order valence-corrected chi connectivity index (χ2v) is 4.46. The minimum atomic E-state index is -0.968. The van der Waals surface area contributed by atoms with E-state index in [-0.39, 0.29) is 6.54 Å². The number of hydrogen-bond donors (Lipinski definition) is 2. The van der Waals surface area contributed by atoms with Crippen LogP contribution < -0.4 is 10.6 Å². The Hall–Kier alpha value is -2.11. The summed E-state index contributed by atoms with van der Waals surface area (Å²) in [6.45, 7) is 5.79. The van der Waals surface area contributed by atoms with Crippen molar-refractivity contribution in [3.05, 3.63) is 22.9 Å². The molecule has 0 aliphatic carbocycles. The number of aliphatic carboxylic acids is 1. The van der Waals surface area contributed by atoms with Gasteiger partial charge >= 0.3 is 5.97 Å². The summed E-state index contributed by atoms with van der Waals surface area (Å²) in [6.07, 6.45) is 0.750. The van der Waals surface area contributed by atoms with Crippen molar-refractivity contribution in [2.45, 2.75) is 27.2 Å². The van der Waals surface area contributed by atoms with E-state index in [1.165, 1.54) is 0 Å². The van der Waals surface area contributed by atoms with E-state index in [1.54, 1.807) is 24.8 Å². The highest BCUT2D eigenvalue weighted by Gasteiger charge is 2.20. The van der Waals surface area contributed by atoms with Gasteiger partial charge in [0.15, 0.2) is 0 Å². The molecule has 0 spiro atoms. The van der Waals surface area contributed by atoms with Gasteiger partial charge in [-0.25, -0.2) is 4.98 Å². The molecule has 19 heavy (non-hydrogen) atoms. The second-order valence-electron chi connectivity index (χ2n) is 4.46. The summed E-state index contributed by atoms with van der Waals surface area (Å²) in [6, 6.07) is 1.76. The third-order valence-corrected chi connectivity index (χ3v) is 2.69. The molecule has 1 aromatic rings. The van der Waals surface area contributed by atoms with Gasteiger partial charge in [-0.2, -0.15) is 0 Å². The van der Waals surface area contributed by atoms with Gasteiger partial charge < -0.3 is 15.7 Å². The van der Waals surface area contributed by atoms with Crippen LogP contribution in [-0.2, 0) is 4.79 Å². The van der Waals surface area contributed by atoms with Crippen molar-refractivity contribution >= 4 is 17.7 Å². The number of aromatic nitrogens is 1. The molecule has 3 N–H and O–H groups in total. The Balaban J connectivity index is 3.34. The van der Waals surface area contributed by atoms with Gasteiger partial charge in [-0.05, 0) is 31.9 Å². The summed E-state index contributed by atoms with van der Waals surface area (Å²) >= 11 is 0. The molecule has 0 unspecified atom stereocenters. The first-order valence-electron chi connectivity index (χ1n) is 6.11. The van der Waals surface area contributed by atoms with Crippen LogP contribution in [-0.4, -0.2) is 35.1 Å². The van der Waals surface area contributed by atoms with Crippen molar-refractivity contribution in [3.63, 3.8) is 0 Å². The van der Waals surface area contributed by atoms with Gasteiger partial charge in [-0.3, -0.25) is 9.59 Å². The predicted octanol–water partition coefficient (Wildman–Crippen LogP) is 1.10. The van der Waals surface area contributed by atoms with Gasteiger partial charge in [0.25, 0.3) is 5.91 Å². The molecule has 104 valence electrons. The number of anilines is 1. The summed E-state index contributed by atoms with van der Waals surface area (Å²) in [5.74, 6) is -1.20. The number of primary amides is 1. The van der Waals surface area contributed by atoms with Gasteiger partial charge in [0, 0.05) is 12.2 Å². The summed E-state index contributed by atoms with van der Waals surface area (Å²) in [4.78, 5) is 28.3. The molecule has 1 aromatic heterocycles. The number of hydrogen-bond acceptors (Lipinski definition) is 4. The highest BCUT2D eigenvalue weighted by atomic mass is 16.4. The minimum Gasteiger partial charge on any atom is -0.480 e. The number of nitrogens with two attached hydrogens (primary N) is 1.